The standard InChI is InChI=1S/C78H43BrN2/c79-78-68(80-64-40-36-60-52-26-5-1-18-44(52)48-22-9-13-30-56(48)70(60)74(64)75-65(80)41-37-61-53-27-6-2-19-45(53)49-23-10-14-31-57(49)71(61)75)34-17-35-69(78)81-66-42-38-62-54-28-7-3-20-46(54)50-24-11-15-32-58(50)72(62)76(66)77-67(81)43-39-63-55-29-8-4-21-47(55)51-25-12-16-33-59(51)73(63)77/h1-43H. The summed E-state index contributed by atoms with van der Waals surface area (Å²) in [6.45, 7) is 0. The fraction of sp³-hybridized carbons (Fsp3) is 0. The minimum absolute atomic E-state index is 1.02. The van der Waals surface area contributed by atoms with E-state index in [2.05, 4.69) is 286 Å². The number of hydrogen-bond donors (Lipinski definition) is 0. The topological polar surface area (TPSA) is 9.86 Å². The van der Waals surface area contributed by atoms with Gasteiger partial charge in [-0.15, -0.1) is 0 Å². The molecule has 2 heterocycles. The van der Waals surface area contributed by atoms with Crippen molar-refractivity contribution in [2.75, 3.05) is 0 Å². The van der Waals surface area contributed by atoms with Gasteiger partial charge in [0.2, 0.25) is 0 Å². The first-order valence-corrected chi connectivity index (χ1v) is 28.8. The average Bonchev–Trinajstić information content (AvgIpc) is 4.12. The summed E-state index contributed by atoms with van der Waals surface area (Å²) in [5.74, 6) is 0. The molecular weight excluding hydrogens is 1040 g/mol. The third-order valence-corrected chi connectivity index (χ3v) is 19.3. The lowest BCUT2D eigenvalue weighted by atomic mass is 9.89. The van der Waals surface area contributed by atoms with E-state index in [1.54, 1.807) is 0 Å². The van der Waals surface area contributed by atoms with Gasteiger partial charge in [-0.05, 0) is 160 Å². The van der Waals surface area contributed by atoms with E-state index < -0.39 is 0 Å². The SMILES string of the molecule is Brc1c(-n2c3ccc4c5ccccc5c5ccccc5c4c3c3c4c5ccccc5c5ccccc5c4ccc32)cccc1-n1c2ccc3c4ccccc4c4ccccc4c3c2c2c3c4ccccc4c4ccccc4c3ccc21. The first-order chi connectivity index (χ1) is 40.2. The van der Waals surface area contributed by atoms with Crippen molar-refractivity contribution in [2.45, 2.75) is 0 Å². The smallest absolute Gasteiger partial charge is 0.0656 e. The first kappa shape index (κ1) is 43.9. The second-order valence-corrected chi connectivity index (χ2v) is 23.0. The van der Waals surface area contributed by atoms with Gasteiger partial charge in [-0.25, -0.2) is 0 Å². The van der Waals surface area contributed by atoms with E-state index in [1.165, 1.54) is 151 Å². The summed E-state index contributed by atoms with van der Waals surface area (Å²) in [7, 11) is 0. The first-order valence-electron chi connectivity index (χ1n) is 28.0. The molecule has 0 fully saturated rings. The van der Waals surface area contributed by atoms with Crippen LogP contribution in [0.4, 0.5) is 0 Å². The minimum Gasteiger partial charge on any atom is -0.308 e. The lowest BCUT2D eigenvalue weighted by Gasteiger charge is -2.17. The summed E-state index contributed by atoms with van der Waals surface area (Å²) in [6, 6.07) is 98.2. The van der Waals surface area contributed by atoms with Gasteiger partial charge in [0.1, 0.15) is 0 Å². The fourth-order valence-electron chi connectivity index (χ4n) is 15.3. The Morgan fingerprint density at radius 2 is 0.333 bits per heavy atom. The van der Waals surface area contributed by atoms with E-state index >= 15 is 0 Å². The number of benzene rings is 17. The molecule has 0 saturated heterocycles. The van der Waals surface area contributed by atoms with Crippen LogP contribution in [0.3, 0.4) is 0 Å². The van der Waals surface area contributed by atoms with Gasteiger partial charge in [-0.2, -0.15) is 0 Å². The van der Waals surface area contributed by atoms with Crippen molar-refractivity contribution in [3.8, 4) is 11.4 Å². The molecule has 0 aliphatic heterocycles. The zero-order valence-corrected chi connectivity index (χ0v) is 45.2. The van der Waals surface area contributed by atoms with Crippen molar-refractivity contribution in [1.29, 1.82) is 0 Å². The third kappa shape index (κ3) is 5.61. The summed E-state index contributed by atoms with van der Waals surface area (Å²) >= 11 is 4.51. The van der Waals surface area contributed by atoms with Crippen LogP contribution in [0.25, 0.3) is 184 Å². The summed E-state index contributed by atoms with van der Waals surface area (Å²) in [5.41, 5.74) is 6.80. The van der Waals surface area contributed by atoms with Crippen molar-refractivity contribution in [2.24, 2.45) is 0 Å². The molecule has 17 aromatic carbocycles. The molecule has 3 heteroatoms. The van der Waals surface area contributed by atoms with Crippen molar-refractivity contribution >= 4 is 189 Å². The Morgan fingerprint density at radius 3 is 0.543 bits per heavy atom. The lowest BCUT2D eigenvalue weighted by molar-refractivity contribution is 1.12. The summed E-state index contributed by atoms with van der Waals surface area (Å²) in [6.07, 6.45) is 0. The molecule has 19 aromatic rings. The van der Waals surface area contributed by atoms with Crippen molar-refractivity contribution in [3.63, 3.8) is 0 Å². The van der Waals surface area contributed by atoms with Gasteiger partial charge in [0.05, 0.1) is 37.9 Å². The molecule has 0 N–H and O–H groups in total. The van der Waals surface area contributed by atoms with Gasteiger partial charge >= 0.3 is 0 Å². The van der Waals surface area contributed by atoms with E-state index in [-0.39, 0.29) is 0 Å². The van der Waals surface area contributed by atoms with Gasteiger partial charge < -0.3 is 9.13 Å². The number of aromatic nitrogens is 2. The zero-order valence-electron chi connectivity index (χ0n) is 43.6. The molecule has 81 heavy (non-hydrogen) atoms. The van der Waals surface area contributed by atoms with Crippen LogP contribution in [0.5, 0.6) is 0 Å². The Morgan fingerprint density at radius 1 is 0.160 bits per heavy atom. The molecular formula is C78H43BrN2. The molecule has 2 nitrogen and oxygen atoms in total. The van der Waals surface area contributed by atoms with Gasteiger partial charge in [0.25, 0.3) is 0 Å². The Balaban J connectivity index is 1.01. The van der Waals surface area contributed by atoms with E-state index in [0.717, 1.165) is 37.9 Å². The van der Waals surface area contributed by atoms with Crippen molar-refractivity contribution in [1.82, 2.24) is 9.13 Å². The Hall–Kier alpha value is -10.1. The highest BCUT2D eigenvalue weighted by molar-refractivity contribution is 9.10. The van der Waals surface area contributed by atoms with Crippen molar-refractivity contribution < 1.29 is 0 Å². The Kier molecular flexibility index (Phi) is 8.69. The summed E-state index contributed by atoms with van der Waals surface area (Å²) in [4.78, 5) is 0. The fourth-order valence-corrected chi connectivity index (χ4v) is 15.9. The van der Waals surface area contributed by atoms with Crippen LogP contribution < -0.4 is 0 Å². The van der Waals surface area contributed by atoms with Gasteiger partial charge in [-0.3, -0.25) is 0 Å². The number of hydrogen-bond acceptors (Lipinski definition) is 0. The van der Waals surface area contributed by atoms with Crippen LogP contribution in [0.2, 0.25) is 0 Å². The number of rotatable bonds is 2. The van der Waals surface area contributed by atoms with Crippen LogP contribution in [0.15, 0.2) is 265 Å². The zero-order chi connectivity index (χ0) is 52.8. The van der Waals surface area contributed by atoms with Crippen molar-refractivity contribution in [3.05, 3.63) is 265 Å². The van der Waals surface area contributed by atoms with E-state index in [0.29, 0.717) is 0 Å². The van der Waals surface area contributed by atoms with Crippen LogP contribution in [-0.2, 0) is 0 Å². The molecule has 0 amide bonds. The number of nitrogens with zero attached hydrogens (tertiary/aromatic N) is 2. The molecule has 0 spiro atoms. The average molecular weight is 1090 g/mol. The van der Waals surface area contributed by atoms with Gasteiger partial charge in [0, 0.05) is 43.1 Å². The maximum atomic E-state index is 4.51. The van der Waals surface area contributed by atoms with Gasteiger partial charge in [-0.1, -0.05) is 224 Å². The predicted molar refractivity (Wildman–Crippen MR) is 353 cm³/mol. The second kappa shape index (κ2) is 16.0. The van der Waals surface area contributed by atoms with Crippen LogP contribution in [0.1, 0.15) is 0 Å². The van der Waals surface area contributed by atoms with E-state index in [9.17, 15) is 0 Å². The van der Waals surface area contributed by atoms with Gasteiger partial charge in [0.15, 0.2) is 0 Å². The molecule has 372 valence electrons. The van der Waals surface area contributed by atoms with Crippen LogP contribution in [0, 0.1) is 0 Å². The maximum absolute atomic E-state index is 4.51. The molecule has 0 radical (unpaired) electrons. The second-order valence-electron chi connectivity index (χ2n) is 22.2. The van der Waals surface area contributed by atoms with Crippen LogP contribution >= 0.6 is 15.9 Å². The molecule has 0 unspecified atom stereocenters. The largest absolute Gasteiger partial charge is 0.308 e. The maximum Gasteiger partial charge on any atom is 0.0656 e. The lowest BCUT2D eigenvalue weighted by Crippen LogP contribution is -2.01. The quantitative estimate of drug-likeness (QED) is 0.153. The molecule has 0 saturated carbocycles. The Labute approximate surface area is 471 Å². The Bertz CT molecular complexity index is 5240. The molecule has 0 atom stereocenters. The minimum atomic E-state index is 1.02. The van der Waals surface area contributed by atoms with Crippen LogP contribution in [-0.4, -0.2) is 9.13 Å². The van der Waals surface area contributed by atoms with E-state index in [1.807, 2.05) is 0 Å². The number of fused-ring (bicyclic) bond motifs is 34. The summed E-state index contributed by atoms with van der Waals surface area (Å²) in [5, 5.41) is 35.5. The predicted octanol–water partition coefficient (Wildman–Crippen LogP) is 22.5. The molecule has 2 aromatic heterocycles. The molecule has 0 aliphatic carbocycles. The highest BCUT2D eigenvalue weighted by atomic mass is 79.9. The molecule has 0 bridgehead atoms. The third-order valence-electron chi connectivity index (χ3n) is 18.5. The molecule has 19 rings (SSSR count). The van der Waals surface area contributed by atoms with E-state index in [4.69, 9.17) is 0 Å². The highest BCUT2D eigenvalue weighted by Gasteiger charge is 2.27. The highest BCUT2D eigenvalue weighted by Crippen LogP contribution is 2.52. The summed E-state index contributed by atoms with van der Waals surface area (Å²) < 4.78 is 6.13. The number of halogens is 1. The normalized spacial score (nSPS) is 12.5. The monoisotopic (exact) mass is 1090 g/mol. The molecule has 0 aliphatic rings.